The number of hydrogen-bond donors (Lipinski definition) is 1. The molecule has 2 aromatic rings. The van der Waals surface area contributed by atoms with E-state index in [9.17, 15) is 0 Å². The second kappa shape index (κ2) is 6.83. The predicted octanol–water partition coefficient (Wildman–Crippen LogP) is 2.22. The molecule has 5 heteroatoms. The summed E-state index contributed by atoms with van der Waals surface area (Å²) in [6.07, 6.45) is 3.79. The van der Waals surface area contributed by atoms with E-state index in [1.807, 2.05) is 26.0 Å². The number of hydrogen-bond acceptors (Lipinski definition) is 5. The quantitative estimate of drug-likeness (QED) is 0.917. The van der Waals surface area contributed by atoms with Crippen molar-refractivity contribution in [3.8, 4) is 0 Å². The number of pyridine rings is 1. The zero-order chi connectivity index (χ0) is 15.4. The molecule has 1 aliphatic heterocycles. The minimum atomic E-state index is 0.472. The molecule has 22 heavy (non-hydrogen) atoms. The molecule has 1 N–H and O–H groups in total. The van der Waals surface area contributed by atoms with Gasteiger partial charge in [0, 0.05) is 55.2 Å². The number of nitrogens with zero attached hydrogens (tertiary/aromatic N) is 4. The highest BCUT2D eigenvalue weighted by molar-refractivity contribution is 5.36. The molecule has 116 valence electrons. The lowest BCUT2D eigenvalue weighted by atomic mass is 10.2. The number of nitrogens with one attached hydrogen (secondary N) is 1. The summed E-state index contributed by atoms with van der Waals surface area (Å²) < 4.78 is 0. The maximum atomic E-state index is 4.57. The van der Waals surface area contributed by atoms with E-state index in [1.54, 1.807) is 6.33 Å². The van der Waals surface area contributed by atoms with E-state index in [0.29, 0.717) is 6.04 Å². The Labute approximate surface area is 131 Å². The lowest BCUT2D eigenvalue weighted by Gasteiger charge is -2.17. The summed E-state index contributed by atoms with van der Waals surface area (Å²) in [6, 6.07) is 8.72. The molecule has 0 bridgehead atoms. The first-order chi connectivity index (χ1) is 10.7. The van der Waals surface area contributed by atoms with Gasteiger partial charge >= 0.3 is 0 Å². The van der Waals surface area contributed by atoms with Crippen LogP contribution in [0.25, 0.3) is 0 Å². The molecule has 0 spiro atoms. The largest absolute Gasteiger partial charge is 0.366 e. The zero-order valence-electron chi connectivity index (χ0n) is 13.3. The fourth-order valence-corrected chi connectivity index (χ4v) is 2.91. The van der Waals surface area contributed by atoms with E-state index in [0.717, 1.165) is 49.7 Å². The van der Waals surface area contributed by atoms with Crippen LogP contribution in [0.2, 0.25) is 0 Å². The summed E-state index contributed by atoms with van der Waals surface area (Å²) in [7, 11) is 0. The van der Waals surface area contributed by atoms with Gasteiger partial charge in [-0.1, -0.05) is 6.07 Å². The van der Waals surface area contributed by atoms with Crippen molar-refractivity contribution in [1.82, 2.24) is 19.9 Å². The Morgan fingerprint density at radius 3 is 2.95 bits per heavy atom. The van der Waals surface area contributed by atoms with Crippen LogP contribution in [0, 0.1) is 13.8 Å². The summed E-state index contributed by atoms with van der Waals surface area (Å²) in [4.78, 5) is 15.5. The molecule has 0 radical (unpaired) electrons. The van der Waals surface area contributed by atoms with E-state index in [1.165, 1.54) is 5.69 Å². The van der Waals surface area contributed by atoms with E-state index < -0.39 is 0 Å². The second-order valence-corrected chi connectivity index (χ2v) is 6.00. The van der Waals surface area contributed by atoms with Crippen LogP contribution in [0.15, 0.2) is 30.6 Å². The van der Waals surface area contributed by atoms with Crippen LogP contribution in [0.3, 0.4) is 0 Å². The van der Waals surface area contributed by atoms with Crippen molar-refractivity contribution in [1.29, 1.82) is 0 Å². The van der Waals surface area contributed by atoms with E-state index in [2.05, 4.69) is 37.3 Å². The average Bonchev–Trinajstić information content (AvgIpc) is 2.93. The SMILES string of the molecule is Cc1cc(NC2CCN(CCc3cccc(C)n3)C2)ncn1. The molecule has 1 unspecified atom stereocenters. The Kier molecular flexibility index (Phi) is 4.63. The fourth-order valence-electron chi connectivity index (χ4n) is 2.91. The molecule has 2 aromatic heterocycles. The van der Waals surface area contributed by atoms with Crippen molar-refractivity contribution in [2.75, 3.05) is 25.0 Å². The van der Waals surface area contributed by atoms with Crippen LogP contribution in [0.1, 0.15) is 23.5 Å². The van der Waals surface area contributed by atoms with Crippen molar-refractivity contribution < 1.29 is 0 Å². The maximum absolute atomic E-state index is 4.57. The molecule has 0 aliphatic carbocycles. The lowest BCUT2D eigenvalue weighted by Crippen LogP contribution is -2.28. The topological polar surface area (TPSA) is 53.9 Å². The third-order valence-electron chi connectivity index (χ3n) is 4.06. The minimum Gasteiger partial charge on any atom is -0.366 e. The Bertz CT molecular complexity index is 628. The Hall–Kier alpha value is -2.01. The van der Waals surface area contributed by atoms with Gasteiger partial charge in [0.2, 0.25) is 0 Å². The molecule has 1 atom stereocenters. The highest BCUT2D eigenvalue weighted by atomic mass is 15.2. The lowest BCUT2D eigenvalue weighted by molar-refractivity contribution is 0.339. The Morgan fingerprint density at radius 1 is 1.23 bits per heavy atom. The standard InChI is InChI=1S/C17H23N5/c1-13-4-3-5-15(20-13)6-8-22-9-7-16(11-22)21-17-10-14(2)18-12-19-17/h3-5,10,12,16H,6-9,11H2,1-2H3,(H,18,19,21). The van der Waals surface area contributed by atoms with Crippen molar-refractivity contribution in [3.05, 3.63) is 47.7 Å². The highest BCUT2D eigenvalue weighted by Gasteiger charge is 2.22. The summed E-state index contributed by atoms with van der Waals surface area (Å²) in [5, 5.41) is 3.51. The van der Waals surface area contributed by atoms with Gasteiger partial charge in [-0.2, -0.15) is 0 Å². The number of aromatic nitrogens is 3. The first kappa shape index (κ1) is 14.9. The molecule has 3 heterocycles. The molecule has 1 fully saturated rings. The monoisotopic (exact) mass is 297 g/mol. The molecule has 3 rings (SSSR count). The molecular weight excluding hydrogens is 274 g/mol. The first-order valence-corrected chi connectivity index (χ1v) is 7.89. The highest BCUT2D eigenvalue weighted by Crippen LogP contribution is 2.15. The maximum Gasteiger partial charge on any atom is 0.129 e. The van der Waals surface area contributed by atoms with Crippen molar-refractivity contribution >= 4 is 5.82 Å². The normalized spacial score (nSPS) is 18.5. The minimum absolute atomic E-state index is 0.472. The van der Waals surface area contributed by atoms with Gasteiger partial charge in [-0.3, -0.25) is 4.98 Å². The van der Waals surface area contributed by atoms with Crippen LogP contribution in [-0.2, 0) is 6.42 Å². The van der Waals surface area contributed by atoms with Gasteiger partial charge in [0.1, 0.15) is 12.1 Å². The number of anilines is 1. The van der Waals surface area contributed by atoms with Crippen molar-refractivity contribution in [3.63, 3.8) is 0 Å². The van der Waals surface area contributed by atoms with Crippen LogP contribution < -0.4 is 5.32 Å². The summed E-state index contributed by atoms with van der Waals surface area (Å²) in [6.45, 7) is 7.30. The van der Waals surface area contributed by atoms with Gasteiger partial charge in [-0.05, 0) is 32.4 Å². The third kappa shape index (κ3) is 4.01. The van der Waals surface area contributed by atoms with Gasteiger partial charge in [-0.15, -0.1) is 0 Å². The first-order valence-electron chi connectivity index (χ1n) is 7.89. The molecule has 0 saturated carbocycles. The molecule has 1 saturated heterocycles. The average molecular weight is 297 g/mol. The molecule has 0 aromatic carbocycles. The van der Waals surface area contributed by atoms with Crippen LogP contribution in [0.4, 0.5) is 5.82 Å². The van der Waals surface area contributed by atoms with Gasteiger partial charge in [0.25, 0.3) is 0 Å². The van der Waals surface area contributed by atoms with Gasteiger partial charge in [-0.25, -0.2) is 9.97 Å². The summed E-state index contributed by atoms with van der Waals surface area (Å²) in [5.41, 5.74) is 3.28. The van der Waals surface area contributed by atoms with Crippen LogP contribution in [0.5, 0.6) is 0 Å². The Balaban J connectivity index is 1.48. The number of likely N-dealkylation sites (tertiary alicyclic amines) is 1. The van der Waals surface area contributed by atoms with E-state index >= 15 is 0 Å². The van der Waals surface area contributed by atoms with Crippen LogP contribution in [-0.4, -0.2) is 45.5 Å². The van der Waals surface area contributed by atoms with Gasteiger partial charge in [0.15, 0.2) is 0 Å². The third-order valence-corrected chi connectivity index (χ3v) is 4.06. The molecule has 1 aliphatic rings. The number of aryl methyl sites for hydroxylation is 2. The van der Waals surface area contributed by atoms with Crippen molar-refractivity contribution in [2.24, 2.45) is 0 Å². The smallest absolute Gasteiger partial charge is 0.129 e. The predicted molar refractivity (Wildman–Crippen MR) is 87.9 cm³/mol. The zero-order valence-corrected chi connectivity index (χ0v) is 13.3. The summed E-state index contributed by atoms with van der Waals surface area (Å²) in [5.74, 6) is 0.930. The molecule has 0 amide bonds. The van der Waals surface area contributed by atoms with Crippen LogP contribution >= 0.6 is 0 Å². The van der Waals surface area contributed by atoms with Crippen molar-refractivity contribution in [2.45, 2.75) is 32.7 Å². The fraction of sp³-hybridized carbons (Fsp3) is 0.471. The number of rotatable bonds is 5. The van der Waals surface area contributed by atoms with E-state index in [-0.39, 0.29) is 0 Å². The van der Waals surface area contributed by atoms with Gasteiger partial charge < -0.3 is 10.2 Å². The molecule has 5 nitrogen and oxygen atoms in total. The van der Waals surface area contributed by atoms with E-state index in [4.69, 9.17) is 0 Å². The summed E-state index contributed by atoms with van der Waals surface area (Å²) >= 11 is 0. The Morgan fingerprint density at radius 2 is 2.14 bits per heavy atom. The van der Waals surface area contributed by atoms with Gasteiger partial charge in [0.05, 0.1) is 0 Å². The second-order valence-electron chi connectivity index (χ2n) is 6.00. The molecular formula is C17H23N5.